The maximum absolute atomic E-state index is 13.6. The number of hydrogen-bond donors (Lipinski definition) is 3. The minimum absolute atomic E-state index is 0.0672. The highest BCUT2D eigenvalue weighted by Crippen LogP contribution is 2.26. The summed E-state index contributed by atoms with van der Waals surface area (Å²) >= 11 is 11.7. The van der Waals surface area contributed by atoms with E-state index in [-0.39, 0.29) is 25.5 Å². The van der Waals surface area contributed by atoms with Crippen molar-refractivity contribution in [1.29, 1.82) is 0 Å². The van der Waals surface area contributed by atoms with Crippen molar-refractivity contribution < 1.29 is 14.2 Å². The van der Waals surface area contributed by atoms with Crippen LogP contribution in [0.25, 0.3) is 0 Å². The number of halogens is 3. The summed E-state index contributed by atoms with van der Waals surface area (Å²) in [4.78, 5) is 0. The quantitative estimate of drug-likeness (QED) is 0.664. The average Bonchev–Trinajstić information content (AvgIpc) is 2.51. The van der Waals surface area contributed by atoms with Crippen molar-refractivity contribution in [2.45, 2.75) is 12.6 Å². The number of aliphatic hydroxyl groups is 1. The third-order valence-corrected chi connectivity index (χ3v) is 3.91. The first-order chi connectivity index (χ1) is 11.0. The van der Waals surface area contributed by atoms with Gasteiger partial charge in [0.1, 0.15) is 24.3 Å². The van der Waals surface area contributed by atoms with Gasteiger partial charge in [-0.3, -0.25) is 0 Å². The lowest BCUT2D eigenvalue weighted by atomic mass is 10.1. The Morgan fingerprint density at radius 3 is 2.70 bits per heavy atom. The molecule has 0 spiro atoms. The Hall–Kier alpha value is -1.53. The van der Waals surface area contributed by atoms with Gasteiger partial charge in [-0.15, -0.1) is 0 Å². The van der Waals surface area contributed by atoms with Crippen molar-refractivity contribution in [3.8, 4) is 5.75 Å². The predicted molar refractivity (Wildman–Crippen MR) is 90.5 cm³/mol. The fourth-order valence-electron chi connectivity index (χ4n) is 1.94. The molecule has 2 aromatic rings. The number of rotatable bonds is 7. The first kappa shape index (κ1) is 17.8. The summed E-state index contributed by atoms with van der Waals surface area (Å²) in [6.07, 6.45) is -0.766. The molecular formula is C16H17Cl2FN2O2. The van der Waals surface area contributed by atoms with Gasteiger partial charge in [-0.1, -0.05) is 29.3 Å². The lowest BCUT2D eigenvalue weighted by molar-refractivity contribution is 0.106. The number of ether oxygens (including phenoxy) is 1. The van der Waals surface area contributed by atoms with Gasteiger partial charge in [0.15, 0.2) is 0 Å². The van der Waals surface area contributed by atoms with Gasteiger partial charge in [0, 0.05) is 30.4 Å². The van der Waals surface area contributed by atoms with Gasteiger partial charge in [0.2, 0.25) is 0 Å². The van der Waals surface area contributed by atoms with Crippen LogP contribution in [0, 0.1) is 5.82 Å². The number of nitrogens with two attached hydrogens (primary N) is 1. The number of nitrogens with one attached hydrogen (secondary N) is 1. The van der Waals surface area contributed by atoms with Gasteiger partial charge < -0.3 is 20.9 Å². The zero-order valence-corrected chi connectivity index (χ0v) is 13.7. The molecule has 124 valence electrons. The molecule has 0 aromatic heterocycles. The minimum atomic E-state index is -0.766. The molecule has 0 aliphatic heterocycles. The van der Waals surface area contributed by atoms with Crippen LogP contribution >= 0.6 is 23.2 Å². The van der Waals surface area contributed by atoms with Crippen LogP contribution in [0.2, 0.25) is 10.0 Å². The van der Waals surface area contributed by atoms with E-state index in [0.29, 0.717) is 27.0 Å². The molecule has 1 unspecified atom stereocenters. The van der Waals surface area contributed by atoms with Gasteiger partial charge in [-0.2, -0.15) is 0 Å². The number of nitrogen functional groups attached to an aromatic ring is 1. The maximum Gasteiger partial charge on any atom is 0.129 e. The highest BCUT2D eigenvalue weighted by atomic mass is 35.5. The fourth-order valence-corrected chi connectivity index (χ4v) is 2.23. The van der Waals surface area contributed by atoms with Gasteiger partial charge in [-0.25, -0.2) is 4.39 Å². The number of anilines is 1. The largest absolute Gasteiger partial charge is 0.491 e. The standard InChI is InChI=1S/C16H17Cl2FN2O2/c17-13-5-4-11(6-14(13)18)23-9-10(22)7-21-8-12-15(19)2-1-3-16(12)20/h1-6,10,21-22H,7-9,20H2. The molecule has 0 saturated carbocycles. The molecule has 1 atom stereocenters. The van der Waals surface area contributed by atoms with Gasteiger partial charge in [0.05, 0.1) is 10.0 Å². The van der Waals surface area contributed by atoms with Crippen molar-refractivity contribution in [3.63, 3.8) is 0 Å². The zero-order chi connectivity index (χ0) is 16.8. The molecule has 0 aliphatic rings. The molecule has 2 rings (SSSR count). The Morgan fingerprint density at radius 1 is 1.22 bits per heavy atom. The first-order valence-corrected chi connectivity index (χ1v) is 7.72. The van der Waals surface area contributed by atoms with E-state index in [1.807, 2.05) is 0 Å². The van der Waals surface area contributed by atoms with Crippen molar-refractivity contribution >= 4 is 28.9 Å². The summed E-state index contributed by atoms with van der Waals surface area (Å²) in [5.74, 6) is 0.135. The molecule has 0 bridgehead atoms. The first-order valence-electron chi connectivity index (χ1n) is 6.97. The van der Waals surface area contributed by atoms with Gasteiger partial charge in [-0.05, 0) is 24.3 Å². The van der Waals surface area contributed by atoms with Gasteiger partial charge >= 0.3 is 0 Å². The Labute approximate surface area is 144 Å². The Balaban J connectivity index is 1.77. The molecule has 0 heterocycles. The summed E-state index contributed by atoms with van der Waals surface area (Å²) in [6.45, 7) is 0.523. The highest BCUT2D eigenvalue weighted by molar-refractivity contribution is 6.42. The molecule has 2 aromatic carbocycles. The van der Waals surface area contributed by atoms with Crippen LogP contribution in [-0.2, 0) is 6.54 Å². The second kappa shape index (κ2) is 8.36. The summed E-state index contributed by atoms with van der Waals surface area (Å²) in [6, 6.07) is 9.37. The third kappa shape index (κ3) is 5.25. The van der Waals surface area contributed by atoms with Crippen LogP contribution in [0.4, 0.5) is 10.1 Å². The second-order valence-electron chi connectivity index (χ2n) is 4.98. The molecule has 23 heavy (non-hydrogen) atoms. The predicted octanol–water partition coefficient (Wildman–Crippen LogP) is 3.24. The van der Waals surface area contributed by atoms with E-state index in [0.717, 1.165) is 0 Å². The summed E-state index contributed by atoms with van der Waals surface area (Å²) in [5.41, 5.74) is 6.46. The molecule has 4 nitrogen and oxygen atoms in total. The van der Waals surface area contributed by atoms with Crippen LogP contribution in [0.3, 0.4) is 0 Å². The van der Waals surface area contributed by atoms with E-state index in [9.17, 15) is 9.50 Å². The Morgan fingerprint density at radius 2 is 2.00 bits per heavy atom. The van der Waals surface area contributed by atoms with Crippen LogP contribution in [0.1, 0.15) is 5.56 Å². The molecule has 0 fully saturated rings. The van der Waals surface area contributed by atoms with Gasteiger partial charge in [0.25, 0.3) is 0 Å². The van der Waals surface area contributed by atoms with E-state index in [2.05, 4.69) is 5.32 Å². The average molecular weight is 359 g/mol. The normalized spacial score (nSPS) is 12.2. The summed E-state index contributed by atoms with van der Waals surface area (Å²) in [5, 5.41) is 13.6. The molecule has 0 amide bonds. The van der Waals surface area contributed by atoms with Crippen LogP contribution < -0.4 is 15.8 Å². The lowest BCUT2D eigenvalue weighted by Crippen LogP contribution is -2.31. The molecule has 0 aliphatic carbocycles. The van der Waals surface area contributed by atoms with E-state index >= 15 is 0 Å². The molecule has 0 saturated heterocycles. The second-order valence-corrected chi connectivity index (χ2v) is 5.79. The number of hydrogen-bond acceptors (Lipinski definition) is 4. The Kier molecular flexibility index (Phi) is 6.47. The highest BCUT2D eigenvalue weighted by Gasteiger charge is 2.09. The van der Waals surface area contributed by atoms with Crippen molar-refractivity contribution in [2.75, 3.05) is 18.9 Å². The molecular weight excluding hydrogens is 342 g/mol. The molecule has 4 N–H and O–H groups in total. The third-order valence-electron chi connectivity index (χ3n) is 3.17. The van der Waals surface area contributed by atoms with Crippen LogP contribution in [-0.4, -0.2) is 24.4 Å². The van der Waals surface area contributed by atoms with E-state index in [1.54, 1.807) is 30.3 Å². The van der Waals surface area contributed by atoms with Crippen molar-refractivity contribution in [2.24, 2.45) is 0 Å². The lowest BCUT2D eigenvalue weighted by Gasteiger charge is -2.14. The van der Waals surface area contributed by atoms with Crippen LogP contribution in [0.15, 0.2) is 36.4 Å². The SMILES string of the molecule is Nc1cccc(F)c1CNCC(O)COc1ccc(Cl)c(Cl)c1. The van der Waals surface area contributed by atoms with E-state index < -0.39 is 6.10 Å². The van der Waals surface area contributed by atoms with E-state index in [1.165, 1.54) is 6.07 Å². The minimum Gasteiger partial charge on any atom is -0.491 e. The van der Waals surface area contributed by atoms with Crippen molar-refractivity contribution in [3.05, 3.63) is 57.8 Å². The van der Waals surface area contributed by atoms with Crippen molar-refractivity contribution in [1.82, 2.24) is 5.32 Å². The molecule has 0 radical (unpaired) electrons. The number of benzene rings is 2. The topological polar surface area (TPSA) is 67.5 Å². The summed E-state index contributed by atoms with van der Waals surface area (Å²) < 4.78 is 19.0. The summed E-state index contributed by atoms with van der Waals surface area (Å²) in [7, 11) is 0. The monoisotopic (exact) mass is 358 g/mol. The van der Waals surface area contributed by atoms with E-state index in [4.69, 9.17) is 33.7 Å². The zero-order valence-electron chi connectivity index (χ0n) is 12.2. The number of aliphatic hydroxyl groups excluding tert-OH is 1. The smallest absolute Gasteiger partial charge is 0.129 e. The Bertz CT molecular complexity index is 650. The van der Waals surface area contributed by atoms with Crippen LogP contribution in [0.5, 0.6) is 5.75 Å². The fraction of sp³-hybridized carbons (Fsp3) is 0.250. The molecule has 7 heteroatoms. The maximum atomic E-state index is 13.6.